The normalized spacial score (nSPS) is 16.4. The fourth-order valence-corrected chi connectivity index (χ4v) is 6.02. The van der Waals surface area contributed by atoms with Crippen LogP contribution in [0.1, 0.15) is 22.8 Å². The van der Waals surface area contributed by atoms with Crippen LogP contribution in [0, 0.1) is 0 Å². The molecule has 6 nitrogen and oxygen atoms in total. The van der Waals surface area contributed by atoms with Crippen molar-refractivity contribution in [1.29, 1.82) is 0 Å². The molecule has 0 radical (unpaired) electrons. The van der Waals surface area contributed by atoms with E-state index in [1.807, 2.05) is 29.8 Å². The number of anilines is 2. The smallest absolute Gasteiger partial charge is 0.257 e. The van der Waals surface area contributed by atoms with Gasteiger partial charge in [0.2, 0.25) is 10.0 Å². The topological polar surface area (TPSA) is 79.4 Å². The van der Waals surface area contributed by atoms with Crippen LogP contribution < -0.4 is 9.62 Å². The van der Waals surface area contributed by atoms with Crippen molar-refractivity contribution in [3.63, 3.8) is 0 Å². The second-order valence-corrected chi connectivity index (χ2v) is 10.1. The van der Waals surface area contributed by atoms with Crippen LogP contribution >= 0.6 is 22.7 Å². The molecule has 140 valence electrons. The highest BCUT2D eigenvalue weighted by molar-refractivity contribution is 7.92. The van der Waals surface area contributed by atoms with E-state index in [2.05, 4.69) is 10.3 Å². The number of hydrogen-bond donors (Lipinski definition) is 1. The van der Waals surface area contributed by atoms with E-state index in [4.69, 9.17) is 0 Å². The second kappa shape index (κ2) is 6.74. The molecule has 0 spiro atoms. The number of aromatic nitrogens is 1. The number of sulfonamides is 1. The molecule has 1 amide bonds. The third-order valence-corrected chi connectivity index (χ3v) is 7.27. The third kappa shape index (κ3) is 3.50. The monoisotopic (exact) mass is 419 g/mol. The van der Waals surface area contributed by atoms with Gasteiger partial charge in [-0.15, -0.1) is 22.7 Å². The lowest BCUT2D eigenvalue weighted by Crippen LogP contribution is -2.34. The summed E-state index contributed by atoms with van der Waals surface area (Å²) in [6.07, 6.45) is 1.79. The molecule has 1 N–H and O–H groups in total. The van der Waals surface area contributed by atoms with Crippen LogP contribution in [-0.2, 0) is 16.4 Å². The molecule has 4 rings (SSSR count). The molecule has 2 aromatic heterocycles. The van der Waals surface area contributed by atoms with Crippen LogP contribution in [0.5, 0.6) is 0 Å². The minimum atomic E-state index is -3.34. The quantitative estimate of drug-likeness (QED) is 0.697. The average molecular weight is 420 g/mol. The van der Waals surface area contributed by atoms with Crippen LogP contribution in [0.4, 0.5) is 10.8 Å². The van der Waals surface area contributed by atoms with Crippen molar-refractivity contribution in [1.82, 2.24) is 4.98 Å². The van der Waals surface area contributed by atoms with Crippen LogP contribution in [0.2, 0.25) is 0 Å². The summed E-state index contributed by atoms with van der Waals surface area (Å²) in [5, 5.41) is 7.26. The number of fused-ring (bicyclic) bond motifs is 1. The molecule has 27 heavy (non-hydrogen) atoms. The summed E-state index contributed by atoms with van der Waals surface area (Å²) in [5.41, 5.74) is 2.84. The van der Waals surface area contributed by atoms with Crippen LogP contribution in [0.25, 0.3) is 10.6 Å². The molecule has 9 heteroatoms. The average Bonchev–Trinajstić information content (AvgIpc) is 3.31. The molecule has 0 fully saturated rings. The number of thiophene rings is 1. The molecule has 1 aliphatic rings. The minimum Gasteiger partial charge on any atom is -0.298 e. The Morgan fingerprint density at radius 2 is 2.11 bits per heavy atom. The van der Waals surface area contributed by atoms with Crippen LogP contribution in [0.15, 0.2) is 41.1 Å². The molecule has 1 atom stereocenters. The highest BCUT2D eigenvalue weighted by atomic mass is 32.2. The number of carbonyl (C=O) groups is 1. The van der Waals surface area contributed by atoms with E-state index < -0.39 is 10.0 Å². The molecule has 0 unspecified atom stereocenters. The molecule has 0 aliphatic carbocycles. The summed E-state index contributed by atoms with van der Waals surface area (Å²) in [7, 11) is -3.34. The summed E-state index contributed by atoms with van der Waals surface area (Å²) in [5.74, 6) is -0.254. The zero-order chi connectivity index (χ0) is 19.2. The van der Waals surface area contributed by atoms with Gasteiger partial charge in [-0.1, -0.05) is 6.07 Å². The first-order chi connectivity index (χ1) is 12.8. The number of nitrogens with one attached hydrogen (secondary N) is 1. The SMILES string of the molecule is C[C@@H]1Cc2cc(C(=O)Nc3nc(-c4cccs4)cs3)ccc2N1S(C)(=O)=O. The predicted molar refractivity (Wildman–Crippen MR) is 110 cm³/mol. The Kier molecular flexibility index (Phi) is 4.53. The molecular weight excluding hydrogens is 402 g/mol. The largest absolute Gasteiger partial charge is 0.298 e. The maximum absolute atomic E-state index is 12.6. The fraction of sp³-hybridized carbons (Fsp3) is 0.222. The van der Waals surface area contributed by atoms with E-state index >= 15 is 0 Å². The first-order valence-corrected chi connectivity index (χ1v) is 11.9. The second-order valence-electron chi connectivity index (χ2n) is 6.42. The number of hydrogen-bond acceptors (Lipinski definition) is 6. The van der Waals surface area contributed by atoms with Crippen molar-refractivity contribution in [3.05, 3.63) is 52.2 Å². The van der Waals surface area contributed by atoms with E-state index in [0.29, 0.717) is 22.8 Å². The maximum Gasteiger partial charge on any atom is 0.257 e. The lowest BCUT2D eigenvalue weighted by molar-refractivity contribution is 0.102. The van der Waals surface area contributed by atoms with Gasteiger partial charge in [0, 0.05) is 17.0 Å². The molecule has 0 saturated carbocycles. The highest BCUT2D eigenvalue weighted by Gasteiger charge is 2.32. The van der Waals surface area contributed by atoms with Crippen molar-refractivity contribution in [3.8, 4) is 10.6 Å². The Labute approximate surface area is 165 Å². The molecule has 1 aromatic carbocycles. The molecule has 0 saturated heterocycles. The summed E-state index contributed by atoms with van der Waals surface area (Å²) < 4.78 is 25.4. The van der Waals surface area contributed by atoms with Crippen molar-refractivity contribution in [2.24, 2.45) is 0 Å². The van der Waals surface area contributed by atoms with Gasteiger partial charge in [-0.05, 0) is 48.6 Å². The van der Waals surface area contributed by atoms with E-state index in [1.165, 1.54) is 21.9 Å². The lowest BCUT2D eigenvalue weighted by Gasteiger charge is -2.21. The zero-order valence-electron chi connectivity index (χ0n) is 14.7. The van der Waals surface area contributed by atoms with E-state index in [0.717, 1.165) is 16.1 Å². The van der Waals surface area contributed by atoms with Gasteiger partial charge in [-0.25, -0.2) is 13.4 Å². The summed E-state index contributed by atoms with van der Waals surface area (Å²) in [6, 6.07) is 8.91. The maximum atomic E-state index is 12.6. The Balaban J connectivity index is 1.55. The van der Waals surface area contributed by atoms with Gasteiger partial charge in [-0.3, -0.25) is 14.4 Å². The lowest BCUT2D eigenvalue weighted by atomic mass is 10.1. The number of thiazole rings is 1. The van der Waals surface area contributed by atoms with Crippen LogP contribution in [0.3, 0.4) is 0 Å². The number of rotatable bonds is 4. The Morgan fingerprint density at radius 1 is 1.30 bits per heavy atom. The van der Waals surface area contributed by atoms with Gasteiger partial charge < -0.3 is 0 Å². The molecule has 3 heterocycles. The Bertz CT molecular complexity index is 1100. The van der Waals surface area contributed by atoms with Gasteiger partial charge in [0.1, 0.15) is 0 Å². The number of nitrogens with zero attached hydrogens (tertiary/aromatic N) is 2. The number of carbonyl (C=O) groups excluding carboxylic acids is 1. The minimum absolute atomic E-state index is 0.152. The predicted octanol–water partition coefficient (Wildman–Crippen LogP) is 3.83. The first-order valence-electron chi connectivity index (χ1n) is 8.26. The molecule has 0 bridgehead atoms. The first kappa shape index (κ1) is 18.1. The standard InChI is InChI=1S/C18H17N3O3S3/c1-11-8-13-9-12(5-6-15(13)21(11)27(2,23)24)17(22)20-18-19-14(10-26-18)16-4-3-7-25-16/h3-7,9-11H,8H2,1-2H3,(H,19,20,22)/t11-/m1/s1. The summed E-state index contributed by atoms with van der Waals surface area (Å²) >= 11 is 2.97. The van der Waals surface area contributed by atoms with Gasteiger partial charge in [0.15, 0.2) is 5.13 Å². The van der Waals surface area contributed by atoms with Crippen molar-refractivity contribution >= 4 is 49.4 Å². The van der Waals surface area contributed by atoms with Crippen molar-refractivity contribution in [2.45, 2.75) is 19.4 Å². The van der Waals surface area contributed by atoms with Gasteiger partial charge in [0.25, 0.3) is 5.91 Å². The van der Waals surface area contributed by atoms with Gasteiger partial charge in [-0.2, -0.15) is 0 Å². The van der Waals surface area contributed by atoms with Crippen LogP contribution in [-0.4, -0.2) is 31.6 Å². The van der Waals surface area contributed by atoms with E-state index in [1.54, 1.807) is 29.5 Å². The number of amides is 1. The molecular formula is C18H17N3O3S3. The molecule has 3 aromatic rings. The highest BCUT2D eigenvalue weighted by Crippen LogP contribution is 2.35. The van der Waals surface area contributed by atoms with Crippen molar-refractivity contribution < 1.29 is 13.2 Å². The Morgan fingerprint density at radius 3 is 2.81 bits per heavy atom. The van der Waals surface area contributed by atoms with E-state index in [-0.39, 0.29) is 11.9 Å². The summed E-state index contributed by atoms with van der Waals surface area (Å²) in [6.45, 7) is 1.86. The van der Waals surface area contributed by atoms with Crippen molar-refractivity contribution in [2.75, 3.05) is 15.9 Å². The third-order valence-electron chi connectivity index (χ3n) is 4.35. The molecule has 1 aliphatic heterocycles. The van der Waals surface area contributed by atoms with Gasteiger partial charge in [0.05, 0.1) is 22.5 Å². The fourth-order valence-electron chi connectivity index (χ4n) is 3.29. The Hall–Kier alpha value is -2.23. The van der Waals surface area contributed by atoms with E-state index in [9.17, 15) is 13.2 Å². The van der Waals surface area contributed by atoms with Gasteiger partial charge >= 0.3 is 0 Å². The summed E-state index contributed by atoms with van der Waals surface area (Å²) in [4.78, 5) is 18.1. The zero-order valence-corrected chi connectivity index (χ0v) is 17.1. The number of benzene rings is 1.